The van der Waals surface area contributed by atoms with Crippen LogP contribution in [-0.4, -0.2) is 70.7 Å². The van der Waals surface area contributed by atoms with Crippen LogP contribution in [-0.2, 0) is 17.4 Å². The topological polar surface area (TPSA) is 109 Å². The number of rotatable bonds is 3. The third kappa shape index (κ3) is 5.93. The normalized spacial score (nSPS) is 21.1. The smallest absolute Gasteiger partial charge is 0.353 e. The van der Waals surface area contributed by atoms with Crippen molar-refractivity contribution in [1.82, 2.24) is 25.0 Å². The largest absolute Gasteiger partial charge is 0.422 e. The molecule has 198 valence electrons. The molecule has 0 spiro atoms. The number of pyridine rings is 1. The summed E-state index contributed by atoms with van der Waals surface area (Å²) in [6, 6.07) is 5.53. The number of nitriles is 1. The summed E-state index contributed by atoms with van der Waals surface area (Å²) >= 11 is 0. The van der Waals surface area contributed by atoms with Gasteiger partial charge in [0.05, 0.1) is 17.3 Å². The molecule has 2 fully saturated rings. The number of halogens is 3. The van der Waals surface area contributed by atoms with Gasteiger partial charge in [0, 0.05) is 38.9 Å². The van der Waals surface area contributed by atoms with E-state index in [0.717, 1.165) is 57.9 Å². The molecule has 1 N–H and O–H groups in total. The Morgan fingerprint density at radius 2 is 1.92 bits per heavy atom. The second-order valence-electron chi connectivity index (χ2n) is 10.4. The predicted molar refractivity (Wildman–Crippen MR) is 130 cm³/mol. The first-order valence-electron chi connectivity index (χ1n) is 12.3. The fraction of sp³-hybridized carbons (Fsp3) is 0.560. The maximum absolute atomic E-state index is 13.1. The number of nitrogens with zero attached hydrogens (tertiary/aromatic N) is 6. The minimum Gasteiger partial charge on any atom is -0.353 e. The van der Waals surface area contributed by atoms with Crippen molar-refractivity contribution in [3.05, 3.63) is 51.1 Å². The third-order valence-corrected chi connectivity index (χ3v) is 7.19. The van der Waals surface area contributed by atoms with Crippen LogP contribution in [0.2, 0.25) is 0 Å². The molecule has 0 aromatic carbocycles. The quantitative estimate of drug-likeness (QED) is 0.624. The molecule has 2 aliphatic heterocycles. The fourth-order valence-electron chi connectivity index (χ4n) is 5.22. The number of likely N-dealkylation sites (tertiary alicyclic amines) is 1. The van der Waals surface area contributed by atoms with Gasteiger partial charge in [0.25, 0.3) is 5.56 Å². The van der Waals surface area contributed by atoms with E-state index in [2.05, 4.69) is 33.7 Å². The van der Waals surface area contributed by atoms with Crippen molar-refractivity contribution in [1.29, 1.82) is 5.26 Å². The van der Waals surface area contributed by atoms with E-state index in [-0.39, 0.29) is 23.4 Å². The minimum absolute atomic E-state index is 0.0842. The molecular formula is C25H30F3N7O2. The number of hydrogen-bond acceptors (Lipinski definition) is 7. The molecule has 12 heteroatoms. The number of anilines is 1. The Hall–Kier alpha value is -3.46. The van der Waals surface area contributed by atoms with E-state index in [4.69, 9.17) is 5.26 Å². The van der Waals surface area contributed by atoms with Crippen LogP contribution in [0.15, 0.2) is 23.1 Å². The lowest BCUT2D eigenvalue weighted by Gasteiger charge is -2.33. The Labute approximate surface area is 212 Å². The van der Waals surface area contributed by atoms with Gasteiger partial charge in [-0.2, -0.15) is 23.5 Å². The fourth-order valence-corrected chi connectivity index (χ4v) is 5.22. The van der Waals surface area contributed by atoms with Gasteiger partial charge >= 0.3 is 6.18 Å². The molecule has 5 rings (SSSR count). The number of amides is 1. The van der Waals surface area contributed by atoms with Gasteiger partial charge in [-0.05, 0) is 48.9 Å². The van der Waals surface area contributed by atoms with E-state index in [0.29, 0.717) is 17.7 Å². The summed E-state index contributed by atoms with van der Waals surface area (Å²) in [6.07, 6.45) is -0.291. The molecule has 4 heterocycles. The first-order chi connectivity index (χ1) is 17.5. The lowest BCUT2D eigenvalue weighted by Crippen LogP contribution is -2.46. The number of H-pyrrole nitrogens is 1. The number of hydrogen-bond donors (Lipinski definition) is 1. The third-order valence-electron chi connectivity index (χ3n) is 7.19. The number of aromatic amines is 1. The van der Waals surface area contributed by atoms with Gasteiger partial charge in [-0.15, -0.1) is 0 Å². The van der Waals surface area contributed by atoms with E-state index >= 15 is 0 Å². The van der Waals surface area contributed by atoms with Crippen molar-refractivity contribution < 1.29 is 18.0 Å². The van der Waals surface area contributed by atoms with Crippen LogP contribution in [0, 0.1) is 16.7 Å². The molecule has 1 amide bonds. The Morgan fingerprint density at radius 1 is 1.19 bits per heavy atom. The highest BCUT2D eigenvalue weighted by atomic mass is 19.4. The number of carbonyl (C=O) groups excluding carboxylic acids is 1. The van der Waals surface area contributed by atoms with Crippen LogP contribution in [0.1, 0.15) is 55.1 Å². The van der Waals surface area contributed by atoms with Crippen LogP contribution < -0.4 is 10.5 Å². The van der Waals surface area contributed by atoms with Gasteiger partial charge in [-0.3, -0.25) is 14.5 Å². The zero-order valence-electron chi connectivity index (χ0n) is 20.9. The first-order valence-corrected chi connectivity index (χ1v) is 12.3. The standard InChI is InChI=1S/C14H18F3N3O.C11H12N4O/c1-13(2)5-6-20(7-13)9-4-3-8-10(14(15,16)17)12(21)19-18-11(8)9;12-7-10-1-2-11(13-8-10)15-5-3-14(9-16)4-6-15/h9H,3-7H2,1-2H3,(H,19,21);1-2,8-9H,3-6H2. The summed E-state index contributed by atoms with van der Waals surface area (Å²) in [7, 11) is 0. The summed E-state index contributed by atoms with van der Waals surface area (Å²) in [4.78, 5) is 32.3. The van der Waals surface area contributed by atoms with Gasteiger partial charge in [-0.1, -0.05) is 13.8 Å². The lowest BCUT2D eigenvalue weighted by molar-refractivity contribution is -0.139. The average Bonchev–Trinajstić information content (AvgIpc) is 3.46. The molecule has 2 saturated heterocycles. The van der Waals surface area contributed by atoms with E-state index < -0.39 is 17.3 Å². The van der Waals surface area contributed by atoms with E-state index in [9.17, 15) is 22.8 Å². The van der Waals surface area contributed by atoms with Crippen molar-refractivity contribution in [2.45, 2.75) is 45.3 Å². The number of aromatic nitrogens is 3. The maximum Gasteiger partial charge on any atom is 0.422 e. The number of carbonyl (C=O) groups is 1. The van der Waals surface area contributed by atoms with Crippen molar-refractivity contribution in [3.8, 4) is 6.07 Å². The van der Waals surface area contributed by atoms with Crippen LogP contribution in [0.25, 0.3) is 0 Å². The Kier molecular flexibility index (Phi) is 7.54. The van der Waals surface area contributed by atoms with Crippen LogP contribution >= 0.6 is 0 Å². The molecule has 3 aliphatic rings. The summed E-state index contributed by atoms with van der Waals surface area (Å²) in [5.41, 5.74) is -0.967. The molecule has 0 radical (unpaired) electrons. The molecule has 2 aromatic heterocycles. The van der Waals surface area contributed by atoms with Gasteiger partial charge in [0.1, 0.15) is 17.5 Å². The van der Waals surface area contributed by atoms with Crippen molar-refractivity contribution in [2.75, 3.05) is 44.2 Å². The molecule has 1 unspecified atom stereocenters. The van der Waals surface area contributed by atoms with Crippen LogP contribution in [0.3, 0.4) is 0 Å². The second kappa shape index (κ2) is 10.5. The second-order valence-corrected chi connectivity index (χ2v) is 10.4. The Balaban J connectivity index is 0.000000180. The maximum atomic E-state index is 13.1. The highest BCUT2D eigenvalue weighted by Crippen LogP contribution is 2.43. The minimum atomic E-state index is -4.63. The lowest BCUT2D eigenvalue weighted by atomic mass is 9.93. The van der Waals surface area contributed by atoms with Crippen molar-refractivity contribution in [2.24, 2.45) is 5.41 Å². The molecule has 0 bridgehead atoms. The molecule has 0 saturated carbocycles. The van der Waals surface area contributed by atoms with Gasteiger partial charge in [0.15, 0.2) is 0 Å². The molecule has 9 nitrogen and oxygen atoms in total. The summed E-state index contributed by atoms with van der Waals surface area (Å²) in [6.45, 7) is 9.05. The zero-order valence-corrected chi connectivity index (χ0v) is 20.9. The van der Waals surface area contributed by atoms with Crippen molar-refractivity contribution >= 4 is 12.2 Å². The SMILES string of the molecule is CC1(C)CCN(C2CCc3c2n[nH]c(=O)c3C(F)(F)F)C1.N#Cc1ccc(N2CCN(C=O)CC2)nc1. The van der Waals surface area contributed by atoms with Crippen LogP contribution in [0.5, 0.6) is 0 Å². The van der Waals surface area contributed by atoms with Gasteiger partial charge in [-0.25, -0.2) is 10.1 Å². The number of piperazine rings is 1. The number of fused-ring (bicyclic) bond motifs is 1. The monoisotopic (exact) mass is 517 g/mol. The number of alkyl halides is 3. The molecule has 1 atom stereocenters. The zero-order chi connectivity index (χ0) is 26.8. The van der Waals surface area contributed by atoms with Gasteiger partial charge < -0.3 is 9.80 Å². The highest BCUT2D eigenvalue weighted by molar-refractivity contribution is 5.49. The number of nitrogens with one attached hydrogen (secondary N) is 1. The predicted octanol–water partition coefficient (Wildman–Crippen LogP) is 2.74. The Morgan fingerprint density at radius 3 is 2.46 bits per heavy atom. The average molecular weight is 518 g/mol. The first kappa shape index (κ1) is 26.6. The van der Waals surface area contributed by atoms with E-state index in [1.165, 1.54) is 0 Å². The Bertz CT molecular complexity index is 1210. The highest BCUT2D eigenvalue weighted by Gasteiger charge is 2.44. The molecule has 1 aliphatic carbocycles. The van der Waals surface area contributed by atoms with E-state index in [1.54, 1.807) is 17.2 Å². The van der Waals surface area contributed by atoms with Crippen molar-refractivity contribution in [3.63, 3.8) is 0 Å². The van der Waals surface area contributed by atoms with Crippen LogP contribution in [0.4, 0.5) is 19.0 Å². The summed E-state index contributed by atoms with van der Waals surface area (Å²) in [5.74, 6) is 0.865. The summed E-state index contributed by atoms with van der Waals surface area (Å²) in [5, 5.41) is 14.6. The summed E-state index contributed by atoms with van der Waals surface area (Å²) < 4.78 is 39.2. The van der Waals surface area contributed by atoms with E-state index in [1.807, 2.05) is 17.2 Å². The van der Waals surface area contributed by atoms with Gasteiger partial charge in [0.2, 0.25) is 6.41 Å². The molecular weight excluding hydrogens is 487 g/mol. The molecule has 2 aromatic rings. The molecule has 37 heavy (non-hydrogen) atoms.